The molecule has 14 nitrogen and oxygen atoms in total. The van der Waals surface area contributed by atoms with E-state index in [9.17, 15) is 36.8 Å². The lowest BCUT2D eigenvalue weighted by Gasteiger charge is -2.29. The van der Waals surface area contributed by atoms with E-state index in [1.807, 2.05) is 19.1 Å². The van der Waals surface area contributed by atoms with Crippen LogP contribution in [-0.2, 0) is 47.0 Å². The number of alkyl carbamates (subject to hydrolysis) is 1. The van der Waals surface area contributed by atoms with Gasteiger partial charge in [-0.2, -0.15) is 0 Å². The van der Waals surface area contributed by atoms with Crippen LogP contribution in [0.3, 0.4) is 0 Å². The number of sulfonamides is 1. The number of benzene rings is 1. The fourth-order valence-electron chi connectivity index (χ4n) is 7.36. The quantitative estimate of drug-likeness (QED) is 0.354. The molecule has 52 heavy (non-hydrogen) atoms. The molecule has 1 aromatic carbocycles. The molecule has 0 unspecified atom stereocenters. The highest BCUT2D eigenvalue weighted by atomic mass is 32.2. The summed E-state index contributed by atoms with van der Waals surface area (Å²) in [7, 11) is -3.92. The highest BCUT2D eigenvalue weighted by Crippen LogP contribution is 2.46. The Kier molecular flexibility index (Phi) is 9.72. The minimum absolute atomic E-state index is 0.00355. The normalized spacial score (nSPS) is 30.3. The topological polar surface area (TPSA) is 181 Å². The van der Waals surface area contributed by atoms with Gasteiger partial charge >= 0.3 is 12.2 Å². The van der Waals surface area contributed by atoms with Crippen molar-refractivity contribution in [3.8, 4) is 0 Å². The fourth-order valence-corrected chi connectivity index (χ4v) is 8.72. The van der Waals surface area contributed by atoms with E-state index < -0.39 is 80.6 Å². The third kappa shape index (κ3) is 7.76. The van der Waals surface area contributed by atoms with Crippen molar-refractivity contribution in [3.63, 3.8) is 0 Å². The lowest BCUT2D eigenvalue weighted by Crippen LogP contribution is -2.58. The monoisotopic (exact) mass is 743 g/mol. The van der Waals surface area contributed by atoms with Crippen molar-refractivity contribution in [3.05, 3.63) is 47.3 Å². The number of fused-ring (bicyclic) bond motifs is 3. The highest BCUT2D eigenvalue weighted by molar-refractivity contribution is 7.91. The Hall–Kier alpha value is -4.21. The summed E-state index contributed by atoms with van der Waals surface area (Å²) < 4.78 is 53.4. The molecule has 5 atom stereocenters. The van der Waals surface area contributed by atoms with Crippen LogP contribution in [0.2, 0.25) is 0 Å². The molecule has 0 aromatic heterocycles. The Labute approximate surface area is 302 Å². The zero-order valence-electron chi connectivity index (χ0n) is 29.2. The first-order valence-electron chi connectivity index (χ1n) is 18.3. The van der Waals surface area contributed by atoms with Gasteiger partial charge in [-0.05, 0) is 63.0 Å². The largest absolute Gasteiger partial charge is 0.449 e. The maximum atomic E-state index is 14.4. The lowest BCUT2D eigenvalue weighted by molar-refractivity contribution is -0.141. The molecule has 0 spiro atoms. The molecular weight excluding hydrogens is 697 g/mol. The van der Waals surface area contributed by atoms with E-state index in [2.05, 4.69) is 15.4 Å². The summed E-state index contributed by atoms with van der Waals surface area (Å²) in [5, 5.41) is 4.85. The Morgan fingerprint density at radius 3 is 2.60 bits per heavy atom. The predicted molar refractivity (Wildman–Crippen MR) is 183 cm³/mol. The number of amides is 5. The lowest BCUT2D eigenvalue weighted by atomic mass is 10.0. The molecule has 3 heterocycles. The van der Waals surface area contributed by atoms with Crippen molar-refractivity contribution in [1.29, 1.82) is 0 Å². The number of halogens is 1. The first kappa shape index (κ1) is 36.2. The molecule has 3 saturated carbocycles. The number of rotatable bonds is 7. The van der Waals surface area contributed by atoms with Crippen LogP contribution in [-0.4, -0.2) is 90.3 Å². The number of nitrogens with one attached hydrogen (secondary N) is 3. The predicted octanol–water partition coefficient (Wildman–Crippen LogP) is 3.15. The van der Waals surface area contributed by atoms with Crippen molar-refractivity contribution >= 4 is 39.9 Å². The van der Waals surface area contributed by atoms with Crippen molar-refractivity contribution < 1.29 is 46.3 Å². The van der Waals surface area contributed by atoms with Crippen molar-refractivity contribution in [1.82, 2.24) is 25.2 Å². The van der Waals surface area contributed by atoms with E-state index in [1.54, 1.807) is 12.1 Å². The highest BCUT2D eigenvalue weighted by Gasteiger charge is 2.62. The Bertz CT molecular complexity index is 1780. The van der Waals surface area contributed by atoms with Crippen molar-refractivity contribution in [2.75, 3.05) is 13.2 Å². The number of carbonyl (C=O) groups excluding carboxylic acids is 5. The Morgan fingerprint density at radius 2 is 1.87 bits per heavy atom. The average Bonchev–Trinajstić information content (AvgIpc) is 4.06. The van der Waals surface area contributed by atoms with Gasteiger partial charge in [-0.1, -0.05) is 44.1 Å². The van der Waals surface area contributed by atoms with E-state index >= 15 is 0 Å². The number of hydrogen-bond donors (Lipinski definition) is 3. The van der Waals surface area contributed by atoms with Crippen LogP contribution in [0.25, 0.3) is 0 Å². The Balaban J connectivity index is 1.12. The minimum atomic E-state index is -3.92. The summed E-state index contributed by atoms with van der Waals surface area (Å²) in [6.07, 6.45) is 7.17. The second-order valence-electron chi connectivity index (χ2n) is 15.6. The molecule has 4 fully saturated rings. The second-order valence-corrected chi connectivity index (χ2v) is 17.5. The number of ether oxygens (including phenoxy) is 2. The zero-order chi connectivity index (χ0) is 36.8. The van der Waals surface area contributed by atoms with Crippen LogP contribution < -0.4 is 15.4 Å². The minimum Gasteiger partial charge on any atom is -0.449 e. The molecule has 16 heteroatoms. The molecule has 3 aliphatic carbocycles. The Morgan fingerprint density at radius 1 is 1.08 bits per heavy atom. The summed E-state index contributed by atoms with van der Waals surface area (Å²) >= 11 is 0. The summed E-state index contributed by atoms with van der Waals surface area (Å²) in [6.45, 7) is 2.18. The summed E-state index contributed by atoms with van der Waals surface area (Å²) in [5.41, 5.74) is -0.576. The van der Waals surface area contributed by atoms with Gasteiger partial charge in [-0.3, -0.25) is 24.0 Å². The number of allylic oxidation sites excluding steroid dienone is 1. The standard InChI is InChI=1S/C36H46FN5O9S/c1-35(14-15-35)21-50-33(46)38-28-11-6-4-2-3-5-9-23-17-36(23,32(45)40-52(48,49)25-12-13-25)39-30(43)29-16-24(19-42(29)31(28)44)51-34(47)41-18-22-8-7-10-27(37)26(22)20-41/h5,7-10,23-25,28-29H,2-4,6,11-21H2,1H3,(H,38,46)(H,39,43)(H,40,45)/b9-5-/t23-,24-,28+,29+,36-/m1/s1. The average molecular weight is 744 g/mol. The summed E-state index contributed by atoms with van der Waals surface area (Å²) in [4.78, 5) is 71.0. The number of nitrogens with zero attached hydrogens (tertiary/aromatic N) is 2. The van der Waals surface area contributed by atoms with Crippen LogP contribution in [0.1, 0.15) is 88.7 Å². The van der Waals surface area contributed by atoms with Gasteiger partial charge in [0, 0.05) is 29.9 Å². The molecular formula is C36H46FN5O9S. The SMILES string of the molecule is CC1(COC(=O)N[C@H]2CCCCC/C=C\[C@@H]3C[C@@]3(C(=O)NS(=O)(=O)C3CC3)NC(=O)[C@@H]3C[C@@H](OC(=O)N4Cc5cccc(F)c5C4)CN3C2=O)CC1. The van der Waals surface area contributed by atoms with Crippen LogP contribution >= 0.6 is 0 Å². The summed E-state index contributed by atoms with van der Waals surface area (Å²) in [5.74, 6) is -3.02. The second kappa shape index (κ2) is 14.0. The van der Waals surface area contributed by atoms with E-state index in [0.717, 1.165) is 25.7 Å². The third-order valence-electron chi connectivity index (χ3n) is 11.2. The van der Waals surface area contributed by atoms with Crippen LogP contribution in [0, 0.1) is 17.2 Å². The fraction of sp³-hybridized carbons (Fsp3) is 0.639. The molecule has 282 valence electrons. The summed E-state index contributed by atoms with van der Waals surface area (Å²) in [6, 6.07) is 2.35. The van der Waals surface area contributed by atoms with Crippen molar-refractivity contribution in [2.24, 2.45) is 11.3 Å². The van der Waals surface area contributed by atoms with Gasteiger partial charge in [0.25, 0.3) is 5.91 Å². The van der Waals surface area contributed by atoms with Gasteiger partial charge in [0.05, 0.1) is 24.9 Å². The van der Waals surface area contributed by atoms with Gasteiger partial charge in [-0.25, -0.2) is 22.4 Å². The molecule has 0 radical (unpaired) electrons. The van der Waals surface area contributed by atoms with Gasteiger partial charge in [-0.15, -0.1) is 0 Å². The first-order chi connectivity index (χ1) is 24.8. The zero-order valence-corrected chi connectivity index (χ0v) is 30.1. The maximum absolute atomic E-state index is 14.4. The van der Waals surface area contributed by atoms with E-state index in [1.165, 1.54) is 15.9 Å². The van der Waals surface area contributed by atoms with Crippen LogP contribution in [0.5, 0.6) is 0 Å². The first-order valence-corrected chi connectivity index (χ1v) is 19.8. The van der Waals surface area contributed by atoms with Crippen LogP contribution in [0.4, 0.5) is 14.0 Å². The van der Waals surface area contributed by atoms with Gasteiger partial charge in [0.2, 0.25) is 21.8 Å². The number of carbonyl (C=O) groups is 5. The van der Waals surface area contributed by atoms with E-state index in [-0.39, 0.29) is 50.9 Å². The molecule has 1 aromatic rings. The van der Waals surface area contributed by atoms with Gasteiger partial charge in [0.15, 0.2) is 0 Å². The maximum Gasteiger partial charge on any atom is 0.410 e. The van der Waals surface area contributed by atoms with Gasteiger partial charge in [0.1, 0.15) is 29.5 Å². The molecule has 0 bridgehead atoms. The smallest absolute Gasteiger partial charge is 0.410 e. The molecule has 3 N–H and O–H groups in total. The molecule has 1 saturated heterocycles. The molecule has 3 aliphatic heterocycles. The third-order valence-corrected chi connectivity index (χ3v) is 13.1. The van der Waals surface area contributed by atoms with Crippen LogP contribution in [0.15, 0.2) is 30.4 Å². The van der Waals surface area contributed by atoms with E-state index in [4.69, 9.17) is 9.47 Å². The molecule has 6 aliphatic rings. The molecule has 5 amide bonds. The van der Waals surface area contributed by atoms with E-state index in [0.29, 0.717) is 36.8 Å². The van der Waals surface area contributed by atoms with Gasteiger partial charge < -0.3 is 25.0 Å². The number of hydrogen-bond acceptors (Lipinski definition) is 9. The van der Waals surface area contributed by atoms with Crippen molar-refractivity contribution in [2.45, 2.75) is 120 Å². The molecule has 7 rings (SSSR count).